The van der Waals surface area contributed by atoms with Gasteiger partial charge in [0.25, 0.3) is 0 Å². The van der Waals surface area contributed by atoms with Gasteiger partial charge in [-0.15, -0.1) is 0 Å². The standard InChI is InChI=1S/C11H17ClN2O2S/c1-6(2)9-7(3)13-11(14-10(9)12)8(4)17(5,15)16/h6,8H,1-5H3. The highest BCUT2D eigenvalue weighted by molar-refractivity contribution is 7.90. The Morgan fingerprint density at radius 3 is 2.06 bits per heavy atom. The van der Waals surface area contributed by atoms with Crippen LogP contribution in [0.15, 0.2) is 0 Å². The van der Waals surface area contributed by atoms with E-state index >= 15 is 0 Å². The predicted molar refractivity (Wildman–Crippen MR) is 69.1 cm³/mol. The second-order valence-electron chi connectivity index (χ2n) is 4.50. The minimum absolute atomic E-state index is 0.213. The minimum Gasteiger partial charge on any atom is -0.236 e. The first-order chi connectivity index (χ1) is 7.64. The summed E-state index contributed by atoms with van der Waals surface area (Å²) in [6, 6.07) is 0. The highest BCUT2D eigenvalue weighted by Crippen LogP contribution is 2.27. The monoisotopic (exact) mass is 276 g/mol. The summed E-state index contributed by atoms with van der Waals surface area (Å²) in [4.78, 5) is 8.34. The number of hydrogen-bond acceptors (Lipinski definition) is 4. The largest absolute Gasteiger partial charge is 0.236 e. The molecule has 6 heteroatoms. The maximum absolute atomic E-state index is 11.4. The highest BCUT2D eigenvalue weighted by atomic mass is 35.5. The summed E-state index contributed by atoms with van der Waals surface area (Å²) in [5.74, 6) is 0.476. The summed E-state index contributed by atoms with van der Waals surface area (Å²) >= 11 is 6.08. The van der Waals surface area contributed by atoms with E-state index in [1.54, 1.807) is 6.92 Å². The molecule has 0 aromatic carbocycles. The summed E-state index contributed by atoms with van der Waals surface area (Å²) in [7, 11) is -3.21. The van der Waals surface area contributed by atoms with E-state index in [2.05, 4.69) is 9.97 Å². The van der Waals surface area contributed by atoms with Crippen molar-refractivity contribution in [1.29, 1.82) is 0 Å². The summed E-state index contributed by atoms with van der Waals surface area (Å²) < 4.78 is 22.9. The molecule has 0 bridgehead atoms. The zero-order valence-electron chi connectivity index (χ0n) is 10.7. The van der Waals surface area contributed by atoms with E-state index in [0.717, 1.165) is 11.3 Å². The number of hydrogen-bond donors (Lipinski definition) is 0. The molecule has 17 heavy (non-hydrogen) atoms. The lowest BCUT2D eigenvalue weighted by atomic mass is 10.0. The highest BCUT2D eigenvalue weighted by Gasteiger charge is 2.23. The van der Waals surface area contributed by atoms with Crippen LogP contribution in [0.25, 0.3) is 0 Å². The van der Waals surface area contributed by atoms with E-state index in [0.29, 0.717) is 5.15 Å². The topological polar surface area (TPSA) is 59.9 Å². The van der Waals surface area contributed by atoms with Gasteiger partial charge in [-0.3, -0.25) is 0 Å². The Labute approximate surface area is 107 Å². The number of aryl methyl sites for hydroxylation is 1. The molecule has 1 aromatic rings. The van der Waals surface area contributed by atoms with Crippen LogP contribution in [-0.2, 0) is 9.84 Å². The number of sulfone groups is 1. The molecular formula is C11H17ClN2O2S. The van der Waals surface area contributed by atoms with Crippen molar-refractivity contribution in [3.8, 4) is 0 Å². The Balaban J connectivity index is 3.34. The van der Waals surface area contributed by atoms with Crippen LogP contribution in [0.5, 0.6) is 0 Å². The van der Waals surface area contributed by atoms with Crippen molar-refractivity contribution >= 4 is 21.4 Å². The van der Waals surface area contributed by atoms with E-state index in [-0.39, 0.29) is 11.7 Å². The minimum atomic E-state index is -3.21. The molecule has 0 saturated heterocycles. The smallest absolute Gasteiger partial charge is 0.157 e. The fraction of sp³-hybridized carbons (Fsp3) is 0.636. The Morgan fingerprint density at radius 1 is 1.18 bits per heavy atom. The lowest BCUT2D eigenvalue weighted by molar-refractivity contribution is 0.588. The number of nitrogens with zero attached hydrogens (tertiary/aromatic N) is 2. The lowest BCUT2D eigenvalue weighted by Gasteiger charge is -2.14. The van der Waals surface area contributed by atoms with Crippen molar-refractivity contribution in [3.63, 3.8) is 0 Å². The second-order valence-corrected chi connectivity index (χ2v) is 7.22. The van der Waals surface area contributed by atoms with Gasteiger partial charge < -0.3 is 0 Å². The van der Waals surface area contributed by atoms with Crippen LogP contribution in [0.4, 0.5) is 0 Å². The van der Waals surface area contributed by atoms with Gasteiger partial charge in [0.2, 0.25) is 0 Å². The molecule has 1 heterocycles. The molecule has 0 aliphatic carbocycles. The molecule has 96 valence electrons. The zero-order chi connectivity index (χ0) is 13.4. The van der Waals surface area contributed by atoms with Crippen molar-refractivity contribution in [2.45, 2.75) is 38.9 Å². The van der Waals surface area contributed by atoms with Gasteiger partial charge in [0.1, 0.15) is 16.2 Å². The van der Waals surface area contributed by atoms with Gasteiger partial charge in [0, 0.05) is 17.5 Å². The van der Waals surface area contributed by atoms with Crippen LogP contribution in [0, 0.1) is 6.92 Å². The molecule has 0 radical (unpaired) electrons. The Bertz CT molecular complexity index is 503. The molecule has 0 N–H and O–H groups in total. The summed E-state index contributed by atoms with van der Waals surface area (Å²) in [6.45, 7) is 7.38. The van der Waals surface area contributed by atoms with Crippen molar-refractivity contribution in [2.24, 2.45) is 0 Å². The fourth-order valence-corrected chi connectivity index (χ4v) is 2.53. The molecular weight excluding hydrogens is 260 g/mol. The molecule has 0 aliphatic rings. The second kappa shape index (κ2) is 4.90. The zero-order valence-corrected chi connectivity index (χ0v) is 12.2. The van der Waals surface area contributed by atoms with Crippen molar-refractivity contribution in [1.82, 2.24) is 9.97 Å². The third kappa shape index (κ3) is 3.16. The third-order valence-electron chi connectivity index (χ3n) is 2.69. The van der Waals surface area contributed by atoms with E-state index < -0.39 is 15.1 Å². The van der Waals surface area contributed by atoms with E-state index in [9.17, 15) is 8.42 Å². The van der Waals surface area contributed by atoms with E-state index in [1.165, 1.54) is 6.26 Å². The Kier molecular flexibility index (Phi) is 4.15. The summed E-state index contributed by atoms with van der Waals surface area (Å²) in [5, 5.41) is -0.391. The van der Waals surface area contributed by atoms with Crippen LogP contribution < -0.4 is 0 Å². The van der Waals surface area contributed by atoms with E-state index in [1.807, 2.05) is 20.8 Å². The molecule has 0 fully saturated rings. The summed E-state index contributed by atoms with van der Waals surface area (Å²) in [5.41, 5.74) is 1.61. The maximum Gasteiger partial charge on any atom is 0.157 e. The number of rotatable bonds is 3. The molecule has 1 atom stereocenters. The molecule has 4 nitrogen and oxygen atoms in total. The van der Waals surface area contributed by atoms with Gasteiger partial charge in [0.05, 0.1) is 0 Å². The van der Waals surface area contributed by atoms with Crippen LogP contribution in [0.1, 0.15) is 49.0 Å². The summed E-state index contributed by atoms with van der Waals surface area (Å²) in [6.07, 6.45) is 1.17. The van der Waals surface area contributed by atoms with Gasteiger partial charge in [-0.05, 0) is 19.8 Å². The van der Waals surface area contributed by atoms with Crippen molar-refractivity contribution in [3.05, 3.63) is 22.2 Å². The SMILES string of the molecule is Cc1nc(C(C)S(C)(=O)=O)nc(Cl)c1C(C)C. The van der Waals surface area contributed by atoms with Gasteiger partial charge in [0.15, 0.2) is 9.84 Å². The first-order valence-corrected chi connectivity index (χ1v) is 7.70. The number of aromatic nitrogens is 2. The normalized spacial score (nSPS) is 14.1. The molecule has 1 rings (SSSR count). The molecule has 0 spiro atoms. The lowest BCUT2D eigenvalue weighted by Crippen LogP contribution is -2.13. The van der Waals surface area contributed by atoms with Gasteiger partial charge in [-0.25, -0.2) is 18.4 Å². The third-order valence-corrected chi connectivity index (χ3v) is 4.47. The molecule has 0 aliphatic heterocycles. The van der Waals surface area contributed by atoms with Gasteiger partial charge >= 0.3 is 0 Å². The van der Waals surface area contributed by atoms with Crippen LogP contribution in [0.2, 0.25) is 5.15 Å². The average Bonchev–Trinajstić information content (AvgIpc) is 2.13. The van der Waals surface area contributed by atoms with E-state index in [4.69, 9.17) is 11.6 Å². The van der Waals surface area contributed by atoms with Gasteiger partial charge in [-0.2, -0.15) is 0 Å². The number of halogens is 1. The Hall–Kier alpha value is -0.680. The van der Waals surface area contributed by atoms with Crippen LogP contribution >= 0.6 is 11.6 Å². The predicted octanol–water partition coefficient (Wildman–Crippen LogP) is 2.67. The molecule has 0 saturated carbocycles. The Morgan fingerprint density at radius 2 is 1.71 bits per heavy atom. The molecule has 1 unspecified atom stereocenters. The molecule has 0 amide bonds. The molecule has 1 aromatic heterocycles. The first kappa shape index (κ1) is 14.4. The fourth-order valence-electron chi connectivity index (χ4n) is 1.60. The quantitative estimate of drug-likeness (QED) is 0.797. The van der Waals surface area contributed by atoms with Crippen molar-refractivity contribution in [2.75, 3.05) is 6.26 Å². The van der Waals surface area contributed by atoms with Crippen LogP contribution in [0.3, 0.4) is 0 Å². The van der Waals surface area contributed by atoms with Gasteiger partial charge in [-0.1, -0.05) is 25.4 Å². The van der Waals surface area contributed by atoms with Crippen molar-refractivity contribution < 1.29 is 8.42 Å². The van der Waals surface area contributed by atoms with Crippen LogP contribution in [-0.4, -0.2) is 24.6 Å². The first-order valence-electron chi connectivity index (χ1n) is 5.37. The maximum atomic E-state index is 11.4. The average molecular weight is 277 g/mol.